The Hall–Kier alpha value is -2.72. The van der Waals surface area contributed by atoms with Crippen LogP contribution in [0.2, 0.25) is 0 Å². The monoisotopic (exact) mass is 366 g/mol. The minimum atomic E-state index is -3.96. The molecule has 0 bridgehead atoms. The number of hydrogen-bond acceptors (Lipinski definition) is 5. The molecule has 0 aliphatic carbocycles. The van der Waals surface area contributed by atoms with E-state index in [1.165, 1.54) is 0 Å². The number of carboxylic acid groups (broad SMARTS) is 1. The lowest BCUT2D eigenvalue weighted by molar-refractivity contribution is -0.137. The predicted octanol–water partition coefficient (Wildman–Crippen LogP) is 0.0340. The van der Waals surface area contributed by atoms with Crippen LogP contribution >= 0.6 is 0 Å². The fourth-order valence-corrected chi connectivity index (χ4v) is 3.54. The zero-order valence-corrected chi connectivity index (χ0v) is 14.1. The molecule has 1 aromatic carbocycles. The molecule has 9 nitrogen and oxygen atoms in total. The number of hydrogen-bond donors (Lipinski definition) is 2. The largest absolute Gasteiger partial charge is 0.480 e. The van der Waals surface area contributed by atoms with Crippen molar-refractivity contribution in [2.24, 2.45) is 5.73 Å². The number of carboxylic acids is 1. The molecular formula is C15H18N4O5S. The third-order valence-corrected chi connectivity index (χ3v) is 5.15. The minimum Gasteiger partial charge on any atom is -0.480 e. The van der Waals surface area contributed by atoms with Crippen LogP contribution in [0.1, 0.15) is 12.0 Å². The molecule has 134 valence electrons. The summed E-state index contributed by atoms with van der Waals surface area (Å²) in [7, 11) is -3.96. The minimum absolute atomic E-state index is 0.0561. The van der Waals surface area contributed by atoms with Gasteiger partial charge in [-0.25, -0.2) is 8.42 Å². The molecule has 1 heterocycles. The molecule has 0 aliphatic heterocycles. The van der Waals surface area contributed by atoms with E-state index < -0.39 is 28.4 Å². The van der Waals surface area contributed by atoms with E-state index in [4.69, 9.17) is 10.8 Å². The van der Waals surface area contributed by atoms with Gasteiger partial charge in [-0.2, -0.15) is 9.40 Å². The van der Waals surface area contributed by atoms with E-state index in [1.54, 1.807) is 24.3 Å². The lowest BCUT2D eigenvalue weighted by Gasteiger charge is -2.21. The van der Waals surface area contributed by atoms with Crippen molar-refractivity contribution in [2.45, 2.75) is 24.4 Å². The van der Waals surface area contributed by atoms with Gasteiger partial charge in [-0.05, 0) is 5.56 Å². The summed E-state index contributed by atoms with van der Waals surface area (Å²) in [6.45, 7) is -0.479. The van der Waals surface area contributed by atoms with Gasteiger partial charge < -0.3 is 10.8 Å². The summed E-state index contributed by atoms with van der Waals surface area (Å²) in [5.74, 6) is -1.75. The maximum absolute atomic E-state index is 12.8. The van der Waals surface area contributed by atoms with Crippen molar-refractivity contribution in [3.8, 4) is 0 Å². The number of nitrogens with two attached hydrogens (primary N) is 1. The number of aromatic nitrogens is 2. The predicted molar refractivity (Wildman–Crippen MR) is 87.7 cm³/mol. The maximum Gasteiger partial charge on any atom is 0.325 e. The molecule has 0 saturated heterocycles. The van der Waals surface area contributed by atoms with Crippen LogP contribution in [0.4, 0.5) is 0 Å². The van der Waals surface area contributed by atoms with Gasteiger partial charge in [-0.3, -0.25) is 14.3 Å². The van der Waals surface area contributed by atoms with Crippen molar-refractivity contribution in [1.82, 2.24) is 14.1 Å². The first-order valence-corrected chi connectivity index (χ1v) is 8.79. The van der Waals surface area contributed by atoms with Crippen molar-refractivity contribution >= 4 is 21.9 Å². The number of nitrogens with zero attached hydrogens (tertiary/aromatic N) is 3. The topological polar surface area (TPSA) is 136 Å². The van der Waals surface area contributed by atoms with E-state index in [2.05, 4.69) is 5.10 Å². The highest BCUT2D eigenvalue weighted by Gasteiger charge is 2.26. The summed E-state index contributed by atoms with van der Waals surface area (Å²) in [6.07, 6.45) is 2.10. The van der Waals surface area contributed by atoms with Crippen molar-refractivity contribution in [3.63, 3.8) is 0 Å². The number of sulfonamides is 1. The average molecular weight is 366 g/mol. The molecular weight excluding hydrogens is 348 g/mol. The Morgan fingerprint density at radius 2 is 1.92 bits per heavy atom. The van der Waals surface area contributed by atoms with E-state index in [0.717, 1.165) is 26.9 Å². The first-order valence-electron chi connectivity index (χ1n) is 7.35. The van der Waals surface area contributed by atoms with Gasteiger partial charge in [-0.1, -0.05) is 30.3 Å². The number of aliphatic carboxylic acids is 1. The smallest absolute Gasteiger partial charge is 0.325 e. The molecule has 1 aromatic heterocycles. The molecule has 10 heteroatoms. The average Bonchev–Trinajstić information content (AvgIpc) is 3.00. The Balaban J connectivity index is 2.28. The first kappa shape index (κ1) is 18.6. The van der Waals surface area contributed by atoms with Crippen LogP contribution in [0.15, 0.2) is 47.6 Å². The highest BCUT2D eigenvalue weighted by Crippen LogP contribution is 2.18. The van der Waals surface area contributed by atoms with Gasteiger partial charge in [0.2, 0.25) is 15.9 Å². The summed E-state index contributed by atoms with van der Waals surface area (Å²) in [5, 5.41) is 12.5. The zero-order valence-electron chi connectivity index (χ0n) is 13.3. The van der Waals surface area contributed by atoms with Gasteiger partial charge in [0, 0.05) is 25.7 Å². The molecule has 25 heavy (non-hydrogen) atoms. The molecule has 1 amide bonds. The van der Waals surface area contributed by atoms with E-state index in [1.807, 2.05) is 6.07 Å². The van der Waals surface area contributed by atoms with Crippen LogP contribution in [0.3, 0.4) is 0 Å². The van der Waals surface area contributed by atoms with Gasteiger partial charge in [0.05, 0.1) is 6.20 Å². The second kappa shape index (κ2) is 7.90. The summed E-state index contributed by atoms with van der Waals surface area (Å²) in [6, 6.07) is 8.89. The van der Waals surface area contributed by atoms with Crippen molar-refractivity contribution in [3.05, 3.63) is 48.3 Å². The van der Waals surface area contributed by atoms with Crippen LogP contribution in [-0.4, -0.2) is 46.0 Å². The third-order valence-electron chi connectivity index (χ3n) is 3.35. The highest BCUT2D eigenvalue weighted by molar-refractivity contribution is 7.89. The Kier molecular flexibility index (Phi) is 5.88. The number of rotatable bonds is 9. The van der Waals surface area contributed by atoms with Gasteiger partial charge in [0.25, 0.3) is 0 Å². The lowest BCUT2D eigenvalue weighted by Crippen LogP contribution is -2.33. The number of carbonyl (C=O) groups is 2. The van der Waals surface area contributed by atoms with Crippen LogP contribution in [0.5, 0.6) is 0 Å². The van der Waals surface area contributed by atoms with Crippen LogP contribution < -0.4 is 5.73 Å². The van der Waals surface area contributed by atoms with Crippen LogP contribution in [-0.2, 0) is 32.7 Å². The maximum atomic E-state index is 12.8. The molecule has 0 fully saturated rings. The molecule has 3 N–H and O–H groups in total. The Morgan fingerprint density at radius 1 is 1.24 bits per heavy atom. The SMILES string of the molecule is NC(=O)CCN(Cc1ccccc1)S(=O)(=O)c1cnn(CC(=O)O)c1. The summed E-state index contributed by atoms with van der Waals surface area (Å²) in [4.78, 5) is 21.6. The second-order valence-corrected chi connectivity index (χ2v) is 7.25. The molecule has 0 atom stereocenters. The van der Waals surface area contributed by atoms with Crippen LogP contribution in [0.25, 0.3) is 0 Å². The van der Waals surface area contributed by atoms with Gasteiger partial charge in [0.1, 0.15) is 11.4 Å². The summed E-state index contributed by atoms with van der Waals surface area (Å²) in [5.41, 5.74) is 5.88. The molecule has 0 radical (unpaired) electrons. The summed E-state index contributed by atoms with van der Waals surface area (Å²) < 4.78 is 27.8. The van der Waals surface area contributed by atoms with Crippen molar-refractivity contribution < 1.29 is 23.1 Å². The molecule has 0 saturated carbocycles. The molecule has 0 aliphatic rings. The molecule has 0 unspecified atom stereocenters. The van der Waals surface area contributed by atoms with Gasteiger partial charge >= 0.3 is 5.97 Å². The number of carbonyl (C=O) groups excluding carboxylic acids is 1. The summed E-state index contributed by atoms with van der Waals surface area (Å²) >= 11 is 0. The standard InChI is InChI=1S/C15H18N4O5S/c16-14(20)6-7-19(9-12-4-2-1-3-5-12)25(23,24)13-8-17-18(10-13)11-15(21)22/h1-5,8,10H,6-7,9,11H2,(H2,16,20)(H,21,22). The van der Waals surface area contributed by atoms with Gasteiger partial charge in [0.15, 0.2) is 0 Å². The normalized spacial score (nSPS) is 11.6. The Labute approximate surface area is 144 Å². The number of benzene rings is 1. The van der Waals surface area contributed by atoms with Crippen molar-refractivity contribution in [1.29, 1.82) is 0 Å². The molecule has 2 aromatic rings. The molecule has 2 rings (SSSR count). The Bertz CT molecular complexity index is 848. The second-order valence-electron chi connectivity index (χ2n) is 5.31. The number of amides is 1. The highest BCUT2D eigenvalue weighted by atomic mass is 32.2. The quantitative estimate of drug-likeness (QED) is 0.643. The molecule has 0 spiro atoms. The fourth-order valence-electron chi connectivity index (χ4n) is 2.16. The zero-order chi connectivity index (χ0) is 18.4. The van der Waals surface area contributed by atoms with Crippen LogP contribution in [0, 0.1) is 0 Å². The van der Waals surface area contributed by atoms with E-state index >= 15 is 0 Å². The lowest BCUT2D eigenvalue weighted by atomic mass is 10.2. The number of primary amides is 1. The fraction of sp³-hybridized carbons (Fsp3) is 0.267. The van der Waals surface area contributed by atoms with Gasteiger partial charge in [-0.15, -0.1) is 0 Å². The first-order chi connectivity index (χ1) is 11.8. The van der Waals surface area contributed by atoms with E-state index in [-0.39, 0.29) is 24.4 Å². The van der Waals surface area contributed by atoms with E-state index in [0.29, 0.717) is 0 Å². The van der Waals surface area contributed by atoms with E-state index in [9.17, 15) is 18.0 Å². The van der Waals surface area contributed by atoms with Crippen molar-refractivity contribution in [2.75, 3.05) is 6.54 Å². The Morgan fingerprint density at radius 3 is 2.52 bits per heavy atom. The third kappa shape index (κ3) is 5.13.